The molecule has 6 nitrogen and oxygen atoms in total. The molecule has 0 amide bonds. The highest BCUT2D eigenvalue weighted by Gasteiger charge is 2.15. The van der Waals surface area contributed by atoms with Crippen molar-refractivity contribution in [2.24, 2.45) is 4.99 Å². The number of guanidine groups is 1. The summed E-state index contributed by atoms with van der Waals surface area (Å²) in [5.41, 5.74) is 2.01. The number of halogens is 1. The maximum atomic E-state index is 6.22. The summed E-state index contributed by atoms with van der Waals surface area (Å²) in [7, 11) is 4.80. The molecule has 0 aromatic heterocycles. The minimum atomic E-state index is 0.435. The summed E-state index contributed by atoms with van der Waals surface area (Å²) in [6, 6.07) is 11.6. The molecule has 28 heavy (non-hydrogen) atoms. The third kappa shape index (κ3) is 5.70. The quantitative estimate of drug-likeness (QED) is 0.492. The van der Waals surface area contributed by atoms with Crippen LogP contribution in [-0.2, 0) is 13.0 Å². The molecule has 0 spiro atoms. The van der Waals surface area contributed by atoms with Gasteiger partial charge in [0.2, 0.25) is 5.75 Å². The first kappa shape index (κ1) is 21.7. The SMILES string of the molecule is CCNC(=NCc1ccc(OC)c(OC)c1OC)NCCc1ccccc1Cl. The Morgan fingerprint density at radius 2 is 1.68 bits per heavy atom. The predicted molar refractivity (Wildman–Crippen MR) is 114 cm³/mol. The first-order chi connectivity index (χ1) is 13.6. The molecular weight excluding hydrogens is 378 g/mol. The Bertz CT molecular complexity index is 796. The second-order valence-electron chi connectivity index (χ2n) is 5.96. The molecule has 152 valence electrons. The molecule has 0 aliphatic carbocycles. The van der Waals surface area contributed by atoms with Gasteiger partial charge in [0.05, 0.1) is 27.9 Å². The first-order valence-electron chi connectivity index (χ1n) is 9.18. The van der Waals surface area contributed by atoms with Crippen molar-refractivity contribution in [3.63, 3.8) is 0 Å². The Morgan fingerprint density at radius 3 is 2.32 bits per heavy atom. The third-order valence-electron chi connectivity index (χ3n) is 4.18. The van der Waals surface area contributed by atoms with Gasteiger partial charge in [-0.2, -0.15) is 0 Å². The highest BCUT2D eigenvalue weighted by Crippen LogP contribution is 2.39. The van der Waals surface area contributed by atoms with Crippen molar-refractivity contribution in [3.05, 3.63) is 52.5 Å². The molecule has 0 unspecified atom stereocenters. The second-order valence-corrected chi connectivity index (χ2v) is 6.36. The molecule has 2 rings (SSSR count). The van der Waals surface area contributed by atoms with E-state index in [-0.39, 0.29) is 0 Å². The van der Waals surface area contributed by atoms with Crippen LogP contribution in [0.1, 0.15) is 18.1 Å². The summed E-state index contributed by atoms with van der Waals surface area (Å²) in [6.07, 6.45) is 0.809. The molecule has 2 N–H and O–H groups in total. The fourth-order valence-corrected chi connectivity index (χ4v) is 3.04. The number of methoxy groups -OCH3 is 3. The number of nitrogens with one attached hydrogen (secondary N) is 2. The fraction of sp³-hybridized carbons (Fsp3) is 0.381. The van der Waals surface area contributed by atoms with Gasteiger partial charge < -0.3 is 24.8 Å². The number of nitrogens with zero attached hydrogens (tertiary/aromatic N) is 1. The van der Waals surface area contributed by atoms with Crippen LogP contribution < -0.4 is 24.8 Å². The summed E-state index contributed by atoms with van der Waals surface area (Å²) >= 11 is 6.22. The Labute approximate surface area is 171 Å². The lowest BCUT2D eigenvalue weighted by Gasteiger charge is -2.16. The van der Waals surface area contributed by atoms with Gasteiger partial charge in [-0.05, 0) is 37.1 Å². The number of ether oxygens (including phenoxy) is 3. The van der Waals surface area contributed by atoms with Crippen molar-refractivity contribution in [2.75, 3.05) is 34.4 Å². The van der Waals surface area contributed by atoms with Gasteiger partial charge in [0.25, 0.3) is 0 Å². The van der Waals surface area contributed by atoms with Crippen LogP contribution in [0.3, 0.4) is 0 Å². The smallest absolute Gasteiger partial charge is 0.203 e. The largest absolute Gasteiger partial charge is 0.493 e. The van der Waals surface area contributed by atoms with Gasteiger partial charge in [0, 0.05) is 23.7 Å². The zero-order chi connectivity index (χ0) is 20.4. The molecule has 0 saturated heterocycles. The summed E-state index contributed by atoms with van der Waals surface area (Å²) in [4.78, 5) is 4.66. The minimum absolute atomic E-state index is 0.435. The molecular formula is C21H28ClN3O3. The Kier molecular flexibility index (Phi) is 8.75. The normalized spacial score (nSPS) is 11.1. The molecule has 0 fully saturated rings. The average Bonchev–Trinajstić information content (AvgIpc) is 2.72. The van der Waals surface area contributed by atoms with Crippen molar-refractivity contribution in [1.82, 2.24) is 10.6 Å². The Morgan fingerprint density at radius 1 is 0.929 bits per heavy atom. The summed E-state index contributed by atoms with van der Waals surface area (Å²) < 4.78 is 16.3. The molecule has 7 heteroatoms. The fourth-order valence-electron chi connectivity index (χ4n) is 2.81. The number of benzene rings is 2. The van der Waals surface area contributed by atoms with E-state index in [2.05, 4.69) is 15.6 Å². The average molecular weight is 406 g/mol. The topological polar surface area (TPSA) is 64.1 Å². The molecule has 0 radical (unpaired) electrons. The number of hydrogen-bond donors (Lipinski definition) is 2. The van der Waals surface area contributed by atoms with Crippen LogP contribution in [0.4, 0.5) is 0 Å². The molecule has 0 atom stereocenters. The predicted octanol–water partition coefficient (Wildman–Crippen LogP) is 3.66. The van der Waals surface area contributed by atoms with E-state index in [1.165, 1.54) is 0 Å². The van der Waals surface area contributed by atoms with E-state index in [4.69, 9.17) is 25.8 Å². The van der Waals surface area contributed by atoms with Crippen LogP contribution in [0.25, 0.3) is 0 Å². The first-order valence-corrected chi connectivity index (χ1v) is 9.55. The molecule has 0 bridgehead atoms. The lowest BCUT2D eigenvalue weighted by molar-refractivity contribution is 0.322. The molecule has 0 aliphatic rings. The Hall–Kier alpha value is -2.60. The van der Waals surface area contributed by atoms with Gasteiger partial charge in [-0.25, -0.2) is 4.99 Å². The zero-order valence-corrected chi connectivity index (χ0v) is 17.6. The van der Waals surface area contributed by atoms with Crippen LogP contribution in [0.5, 0.6) is 17.2 Å². The molecule has 0 aliphatic heterocycles. The second kappa shape index (κ2) is 11.3. The van der Waals surface area contributed by atoms with Crippen molar-refractivity contribution in [2.45, 2.75) is 19.9 Å². The number of rotatable bonds is 9. The maximum absolute atomic E-state index is 6.22. The molecule has 2 aromatic carbocycles. The molecule has 0 saturated carbocycles. The monoisotopic (exact) mass is 405 g/mol. The third-order valence-corrected chi connectivity index (χ3v) is 4.55. The van der Waals surface area contributed by atoms with Crippen molar-refractivity contribution >= 4 is 17.6 Å². The van der Waals surface area contributed by atoms with Gasteiger partial charge in [-0.1, -0.05) is 29.8 Å². The molecule has 0 heterocycles. The van der Waals surface area contributed by atoms with E-state index in [0.717, 1.165) is 41.6 Å². The Balaban J connectivity index is 2.08. The van der Waals surface area contributed by atoms with Crippen molar-refractivity contribution in [3.8, 4) is 17.2 Å². The van der Waals surface area contributed by atoms with Crippen molar-refractivity contribution < 1.29 is 14.2 Å². The highest BCUT2D eigenvalue weighted by molar-refractivity contribution is 6.31. The maximum Gasteiger partial charge on any atom is 0.203 e. The van der Waals surface area contributed by atoms with E-state index < -0.39 is 0 Å². The highest BCUT2D eigenvalue weighted by atomic mass is 35.5. The van der Waals surface area contributed by atoms with Gasteiger partial charge >= 0.3 is 0 Å². The van der Waals surface area contributed by atoms with E-state index in [1.54, 1.807) is 21.3 Å². The zero-order valence-electron chi connectivity index (χ0n) is 16.8. The van der Waals surface area contributed by atoms with Crippen LogP contribution >= 0.6 is 11.6 Å². The van der Waals surface area contributed by atoms with Gasteiger partial charge in [-0.3, -0.25) is 0 Å². The minimum Gasteiger partial charge on any atom is -0.493 e. The lowest BCUT2D eigenvalue weighted by atomic mass is 10.1. The summed E-state index contributed by atoms with van der Waals surface area (Å²) in [5, 5.41) is 7.37. The lowest BCUT2D eigenvalue weighted by Crippen LogP contribution is -2.38. The van der Waals surface area contributed by atoms with Crippen LogP contribution in [0.2, 0.25) is 5.02 Å². The van der Waals surface area contributed by atoms with Gasteiger partial charge in [0.15, 0.2) is 17.5 Å². The summed E-state index contributed by atoms with van der Waals surface area (Å²) in [5.74, 6) is 2.54. The van der Waals surface area contributed by atoms with Crippen LogP contribution in [-0.4, -0.2) is 40.4 Å². The number of aliphatic imine (C=N–C) groups is 1. The van der Waals surface area contributed by atoms with E-state index in [0.29, 0.717) is 23.8 Å². The summed E-state index contributed by atoms with van der Waals surface area (Å²) in [6.45, 7) is 3.95. The van der Waals surface area contributed by atoms with Gasteiger partial charge in [0.1, 0.15) is 0 Å². The standard InChI is InChI=1S/C21H28ClN3O3/c1-5-23-21(24-13-12-15-8-6-7-9-17(15)22)25-14-16-10-11-18(26-2)20(28-4)19(16)27-3/h6-11H,5,12-14H2,1-4H3,(H2,23,24,25). The van der Waals surface area contributed by atoms with E-state index in [9.17, 15) is 0 Å². The van der Waals surface area contributed by atoms with Crippen molar-refractivity contribution in [1.29, 1.82) is 0 Å². The van der Waals surface area contributed by atoms with E-state index in [1.807, 2.05) is 43.3 Å². The molecule has 2 aromatic rings. The number of hydrogen-bond acceptors (Lipinski definition) is 4. The van der Waals surface area contributed by atoms with Crippen LogP contribution in [0.15, 0.2) is 41.4 Å². The van der Waals surface area contributed by atoms with Gasteiger partial charge in [-0.15, -0.1) is 0 Å². The van der Waals surface area contributed by atoms with E-state index >= 15 is 0 Å². The van der Waals surface area contributed by atoms with Crippen LogP contribution in [0, 0.1) is 0 Å².